The molecule has 0 atom stereocenters. The number of aromatic nitrogens is 2. The van der Waals surface area contributed by atoms with Crippen molar-refractivity contribution in [2.24, 2.45) is 0 Å². The minimum Gasteiger partial charge on any atom is -0.475 e. The summed E-state index contributed by atoms with van der Waals surface area (Å²) in [5.74, 6) is 1.46. The van der Waals surface area contributed by atoms with E-state index >= 15 is 0 Å². The lowest BCUT2D eigenvalue weighted by molar-refractivity contribution is 0.232. The molecule has 0 radical (unpaired) electrons. The van der Waals surface area contributed by atoms with Crippen LogP contribution in [0.4, 0.5) is 5.82 Å². The SMILES string of the molecule is CC(C)Oc1cc(NC2CC=CC2)ncn1. The predicted octanol–water partition coefficient (Wildman–Crippen LogP) is 2.39. The number of anilines is 1. The van der Waals surface area contributed by atoms with Crippen LogP contribution in [0.2, 0.25) is 0 Å². The Kier molecular flexibility index (Phi) is 3.39. The Morgan fingerprint density at radius 1 is 1.31 bits per heavy atom. The lowest BCUT2D eigenvalue weighted by Crippen LogP contribution is -2.16. The largest absolute Gasteiger partial charge is 0.475 e. The third-order valence-corrected chi connectivity index (χ3v) is 2.36. The molecule has 0 aromatic carbocycles. The van der Waals surface area contributed by atoms with Gasteiger partial charge in [-0.2, -0.15) is 0 Å². The first-order valence-corrected chi connectivity index (χ1v) is 5.64. The molecule has 1 aromatic heterocycles. The molecule has 1 aliphatic carbocycles. The summed E-state index contributed by atoms with van der Waals surface area (Å²) in [5, 5.41) is 3.36. The van der Waals surface area contributed by atoms with Crippen molar-refractivity contribution in [3.63, 3.8) is 0 Å². The van der Waals surface area contributed by atoms with Gasteiger partial charge in [0.15, 0.2) is 0 Å². The molecule has 0 unspecified atom stereocenters. The van der Waals surface area contributed by atoms with Crippen molar-refractivity contribution < 1.29 is 4.74 Å². The number of hydrogen-bond donors (Lipinski definition) is 1. The maximum absolute atomic E-state index is 5.51. The van der Waals surface area contributed by atoms with Crippen LogP contribution < -0.4 is 10.1 Å². The number of nitrogens with zero attached hydrogens (tertiary/aromatic N) is 2. The van der Waals surface area contributed by atoms with E-state index in [1.807, 2.05) is 19.9 Å². The van der Waals surface area contributed by atoms with Crippen LogP contribution in [-0.4, -0.2) is 22.1 Å². The van der Waals surface area contributed by atoms with Gasteiger partial charge >= 0.3 is 0 Å². The van der Waals surface area contributed by atoms with E-state index in [1.165, 1.54) is 6.33 Å². The molecule has 4 heteroatoms. The van der Waals surface area contributed by atoms with E-state index in [-0.39, 0.29) is 6.10 Å². The molecule has 0 amide bonds. The van der Waals surface area contributed by atoms with Crippen LogP contribution in [-0.2, 0) is 0 Å². The molecule has 0 bridgehead atoms. The number of ether oxygens (including phenoxy) is 1. The first-order chi connectivity index (χ1) is 7.74. The van der Waals surface area contributed by atoms with Crippen molar-refractivity contribution in [2.75, 3.05) is 5.32 Å². The fourth-order valence-electron chi connectivity index (χ4n) is 1.67. The second-order valence-electron chi connectivity index (χ2n) is 4.19. The van der Waals surface area contributed by atoms with E-state index in [1.54, 1.807) is 0 Å². The summed E-state index contributed by atoms with van der Waals surface area (Å²) < 4.78 is 5.51. The zero-order valence-corrected chi connectivity index (χ0v) is 9.68. The molecule has 1 heterocycles. The van der Waals surface area contributed by atoms with Gasteiger partial charge in [-0.05, 0) is 26.7 Å². The Morgan fingerprint density at radius 2 is 2.06 bits per heavy atom. The number of hydrogen-bond acceptors (Lipinski definition) is 4. The molecule has 0 fully saturated rings. The van der Waals surface area contributed by atoms with E-state index in [9.17, 15) is 0 Å². The van der Waals surface area contributed by atoms with Gasteiger partial charge in [0.1, 0.15) is 12.1 Å². The van der Waals surface area contributed by atoms with E-state index in [0.29, 0.717) is 11.9 Å². The second kappa shape index (κ2) is 4.96. The normalized spacial score (nSPS) is 15.7. The van der Waals surface area contributed by atoms with Gasteiger partial charge < -0.3 is 10.1 Å². The van der Waals surface area contributed by atoms with Crippen molar-refractivity contribution in [1.82, 2.24) is 9.97 Å². The van der Waals surface area contributed by atoms with Crippen LogP contribution in [0.15, 0.2) is 24.5 Å². The van der Waals surface area contributed by atoms with E-state index in [4.69, 9.17) is 4.74 Å². The van der Waals surface area contributed by atoms with Crippen LogP contribution in [0.25, 0.3) is 0 Å². The highest BCUT2D eigenvalue weighted by molar-refractivity contribution is 5.39. The third kappa shape index (κ3) is 2.95. The summed E-state index contributed by atoms with van der Waals surface area (Å²) in [6.45, 7) is 3.96. The highest BCUT2D eigenvalue weighted by Crippen LogP contribution is 2.17. The fraction of sp³-hybridized carbons (Fsp3) is 0.500. The van der Waals surface area contributed by atoms with Gasteiger partial charge in [0.05, 0.1) is 6.10 Å². The Hall–Kier alpha value is -1.58. The number of rotatable bonds is 4. The molecule has 1 aliphatic rings. The van der Waals surface area contributed by atoms with Crippen molar-refractivity contribution in [3.05, 3.63) is 24.5 Å². The summed E-state index contributed by atoms with van der Waals surface area (Å²) in [6, 6.07) is 2.31. The molecule has 1 N–H and O–H groups in total. The molecule has 86 valence electrons. The third-order valence-electron chi connectivity index (χ3n) is 2.36. The molecule has 2 rings (SSSR count). The predicted molar refractivity (Wildman–Crippen MR) is 63.6 cm³/mol. The molecule has 1 aromatic rings. The maximum Gasteiger partial charge on any atom is 0.218 e. The van der Waals surface area contributed by atoms with Gasteiger partial charge in [-0.3, -0.25) is 0 Å². The lowest BCUT2D eigenvalue weighted by atomic mass is 10.2. The highest BCUT2D eigenvalue weighted by Gasteiger charge is 2.11. The Labute approximate surface area is 95.8 Å². The van der Waals surface area contributed by atoms with Crippen molar-refractivity contribution in [3.8, 4) is 5.88 Å². The smallest absolute Gasteiger partial charge is 0.218 e. The lowest BCUT2D eigenvalue weighted by Gasteiger charge is -2.14. The standard InChI is InChI=1S/C12H17N3O/c1-9(2)16-12-7-11(13-8-14-12)15-10-5-3-4-6-10/h3-4,7-10H,5-6H2,1-2H3,(H,13,14,15). The van der Waals surface area contributed by atoms with Crippen LogP contribution in [0.5, 0.6) is 5.88 Å². The van der Waals surface area contributed by atoms with Gasteiger partial charge in [0, 0.05) is 12.1 Å². The summed E-state index contributed by atoms with van der Waals surface area (Å²) in [4.78, 5) is 8.25. The van der Waals surface area contributed by atoms with Gasteiger partial charge in [-0.1, -0.05) is 12.2 Å². The minimum atomic E-state index is 0.135. The van der Waals surface area contributed by atoms with Crippen molar-refractivity contribution >= 4 is 5.82 Å². The molecule has 0 saturated heterocycles. The average molecular weight is 219 g/mol. The summed E-state index contributed by atoms with van der Waals surface area (Å²) in [6.07, 6.45) is 8.15. The summed E-state index contributed by atoms with van der Waals surface area (Å²) in [5.41, 5.74) is 0. The summed E-state index contributed by atoms with van der Waals surface area (Å²) >= 11 is 0. The zero-order chi connectivity index (χ0) is 11.4. The fourth-order valence-corrected chi connectivity index (χ4v) is 1.67. The van der Waals surface area contributed by atoms with Gasteiger partial charge in [-0.25, -0.2) is 9.97 Å². The Bertz CT molecular complexity index is 368. The van der Waals surface area contributed by atoms with Gasteiger partial charge in [0.25, 0.3) is 0 Å². The first kappa shape index (κ1) is 10.9. The topological polar surface area (TPSA) is 47.0 Å². The molecule has 0 saturated carbocycles. The molecule has 16 heavy (non-hydrogen) atoms. The second-order valence-corrected chi connectivity index (χ2v) is 4.19. The van der Waals surface area contributed by atoms with E-state index in [2.05, 4.69) is 27.4 Å². The molecular weight excluding hydrogens is 202 g/mol. The molecule has 0 spiro atoms. The van der Waals surface area contributed by atoms with E-state index in [0.717, 1.165) is 18.7 Å². The molecule has 4 nitrogen and oxygen atoms in total. The highest BCUT2D eigenvalue weighted by atomic mass is 16.5. The summed E-state index contributed by atoms with van der Waals surface area (Å²) in [7, 11) is 0. The van der Waals surface area contributed by atoms with Crippen LogP contribution in [0.3, 0.4) is 0 Å². The first-order valence-electron chi connectivity index (χ1n) is 5.64. The quantitative estimate of drug-likeness (QED) is 0.790. The molecular formula is C12H17N3O. The van der Waals surface area contributed by atoms with E-state index < -0.39 is 0 Å². The van der Waals surface area contributed by atoms with Gasteiger partial charge in [0.2, 0.25) is 5.88 Å². The zero-order valence-electron chi connectivity index (χ0n) is 9.68. The van der Waals surface area contributed by atoms with Crippen LogP contribution >= 0.6 is 0 Å². The van der Waals surface area contributed by atoms with Crippen LogP contribution in [0.1, 0.15) is 26.7 Å². The average Bonchev–Trinajstić information content (AvgIpc) is 2.70. The number of nitrogens with one attached hydrogen (secondary N) is 1. The maximum atomic E-state index is 5.51. The minimum absolute atomic E-state index is 0.135. The van der Waals surface area contributed by atoms with Crippen molar-refractivity contribution in [2.45, 2.75) is 38.8 Å². The van der Waals surface area contributed by atoms with Crippen molar-refractivity contribution in [1.29, 1.82) is 0 Å². The van der Waals surface area contributed by atoms with Crippen LogP contribution in [0, 0.1) is 0 Å². The monoisotopic (exact) mass is 219 g/mol. The Morgan fingerprint density at radius 3 is 2.75 bits per heavy atom. The molecule has 0 aliphatic heterocycles. The van der Waals surface area contributed by atoms with Gasteiger partial charge in [-0.15, -0.1) is 0 Å². The Balaban J connectivity index is 1.98.